The fraction of sp³-hybridized carbons (Fsp3) is 0.900. The lowest BCUT2D eigenvalue weighted by Gasteiger charge is -2.35. The highest BCUT2D eigenvalue weighted by Crippen LogP contribution is 2.19. The second-order valence-electron chi connectivity index (χ2n) is 4.22. The molecule has 0 aromatic heterocycles. The quantitative estimate of drug-likeness (QED) is 0.694. The van der Waals surface area contributed by atoms with Crippen molar-refractivity contribution >= 4 is 5.97 Å². The Morgan fingerprint density at radius 1 is 1.57 bits per heavy atom. The van der Waals surface area contributed by atoms with Gasteiger partial charge in [-0.15, -0.1) is 0 Å². The molecule has 0 radical (unpaired) electrons. The maximum absolute atomic E-state index is 10.6. The van der Waals surface area contributed by atoms with E-state index < -0.39 is 5.97 Å². The van der Waals surface area contributed by atoms with E-state index in [2.05, 4.69) is 11.8 Å². The number of carbonyl (C=O) groups is 1. The molecule has 82 valence electrons. The standard InChI is InChI=1S/C10H20N2O2/c1-2-3-12-6-8(5-10(13)14)4-9(11)7-12/h8-9H,2-7,11H2,1H3,(H,13,14). The summed E-state index contributed by atoms with van der Waals surface area (Å²) in [5.41, 5.74) is 5.89. The molecule has 0 aliphatic carbocycles. The van der Waals surface area contributed by atoms with Crippen molar-refractivity contribution in [2.75, 3.05) is 19.6 Å². The van der Waals surface area contributed by atoms with Crippen LogP contribution in [-0.4, -0.2) is 41.7 Å². The minimum atomic E-state index is -0.708. The van der Waals surface area contributed by atoms with Crippen LogP contribution < -0.4 is 5.73 Å². The first-order valence-corrected chi connectivity index (χ1v) is 5.31. The number of rotatable bonds is 4. The molecule has 4 heteroatoms. The summed E-state index contributed by atoms with van der Waals surface area (Å²) in [6.45, 7) is 4.98. The summed E-state index contributed by atoms with van der Waals surface area (Å²) in [4.78, 5) is 12.9. The van der Waals surface area contributed by atoms with Gasteiger partial charge in [0.05, 0.1) is 0 Å². The summed E-state index contributed by atoms with van der Waals surface area (Å²) in [5.74, 6) is -0.469. The van der Waals surface area contributed by atoms with Crippen LogP contribution in [0.4, 0.5) is 0 Å². The molecule has 3 N–H and O–H groups in total. The molecule has 1 aliphatic rings. The Hall–Kier alpha value is -0.610. The van der Waals surface area contributed by atoms with E-state index in [4.69, 9.17) is 10.8 Å². The first-order chi connectivity index (χ1) is 6.61. The molecule has 0 amide bonds. The lowest BCUT2D eigenvalue weighted by Crippen LogP contribution is -2.47. The fourth-order valence-electron chi connectivity index (χ4n) is 2.24. The van der Waals surface area contributed by atoms with Gasteiger partial charge in [-0.2, -0.15) is 0 Å². The molecular weight excluding hydrogens is 180 g/mol. The van der Waals surface area contributed by atoms with Crippen molar-refractivity contribution in [2.24, 2.45) is 11.7 Å². The topological polar surface area (TPSA) is 66.6 Å². The summed E-state index contributed by atoms with van der Waals surface area (Å²) in [6.07, 6.45) is 2.22. The lowest BCUT2D eigenvalue weighted by molar-refractivity contribution is -0.138. The third-order valence-corrected chi connectivity index (χ3v) is 2.65. The smallest absolute Gasteiger partial charge is 0.303 e. The van der Waals surface area contributed by atoms with Gasteiger partial charge in [0.25, 0.3) is 0 Å². The van der Waals surface area contributed by atoms with E-state index in [-0.39, 0.29) is 18.4 Å². The number of carboxylic acids is 1. The Morgan fingerprint density at radius 2 is 2.29 bits per heavy atom. The molecule has 1 saturated heterocycles. The molecule has 1 heterocycles. The number of likely N-dealkylation sites (tertiary alicyclic amines) is 1. The van der Waals surface area contributed by atoms with Gasteiger partial charge in [0.15, 0.2) is 0 Å². The van der Waals surface area contributed by atoms with Crippen LogP contribution in [-0.2, 0) is 4.79 Å². The zero-order chi connectivity index (χ0) is 10.6. The Labute approximate surface area is 85.1 Å². The van der Waals surface area contributed by atoms with Crippen LogP contribution in [0.5, 0.6) is 0 Å². The average molecular weight is 200 g/mol. The van der Waals surface area contributed by atoms with E-state index in [0.717, 1.165) is 32.5 Å². The van der Waals surface area contributed by atoms with E-state index in [9.17, 15) is 4.79 Å². The van der Waals surface area contributed by atoms with E-state index in [1.54, 1.807) is 0 Å². The second kappa shape index (κ2) is 5.32. The highest BCUT2D eigenvalue weighted by Gasteiger charge is 2.25. The van der Waals surface area contributed by atoms with Gasteiger partial charge in [-0.05, 0) is 25.3 Å². The van der Waals surface area contributed by atoms with Crippen LogP contribution >= 0.6 is 0 Å². The molecule has 0 aromatic carbocycles. The fourth-order valence-corrected chi connectivity index (χ4v) is 2.24. The van der Waals surface area contributed by atoms with E-state index in [1.807, 2.05) is 0 Å². The van der Waals surface area contributed by atoms with Crippen LogP contribution in [0.2, 0.25) is 0 Å². The molecule has 1 aliphatic heterocycles. The third-order valence-electron chi connectivity index (χ3n) is 2.65. The monoisotopic (exact) mass is 200 g/mol. The van der Waals surface area contributed by atoms with Gasteiger partial charge in [0.2, 0.25) is 0 Å². The molecule has 0 spiro atoms. The van der Waals surface area contributed by atoms with Crippen molar-refractivity contribution in [2.45, 2.75) is 32.2 Å². The third kappa shape index (κ3) is 3.64. The highest BCUT2D eigenvalue weighted by molar-refractivity contribution is 5.67. The summed E-state index contributed by atoms with van der Waals surface area (Å²) in [7, 11) is 0. The van der Waals surface area contributed by atoms with Gasteiger partial charge >= 0.3 is 5.97 Å². The van der Waals surface area contributed by atoms with Gasteiger partial charge in [-0.3, -0.25) is 4.79 Å². The van der Waals surface area contributed by atoms with Crippen molar-refractivity contribution in [3.8, 4) is 0 Å². The van der Waals surface area contributed by atoms with Gasteiger partial charge in [-0.25, -0.2) is 0 Å². The maximum Gasteiger partial charge on any atom is 0.303 e. The van der Waals surface area contributed by atoms with E-state index in [0.29, 0.717) is 0 Å². The van der Waals surface area contributed by atoms with E-state index >= 15 is 0 Å². The van der Waals surface area contributed by atoms with Gasteiger partial charge in [0, 0.05) is 25.6 Å². The molecule has 1 fully saturated rings. The van der Waals surface area contributed by atoms with Crippen molar-refractivity contribution in [3.05, 3.63) is 0 Å². The second-order valence-corrected chi connectivity index (χ2v) is 4.22. The predicted octanol–water partition coefficient (Wildman–Crippen LogP) is 0.520. The molecule has 1 rings (SSSR count). The minimum Gasteiger partial charge on any atom is -0.481 e. The Kier molecular flexibility index (Phi) is 4.35. The molecular formula is C10H20N2O2. The van der Waals surface area contributed by atoms with Crippen molar-refractivity contribution in [1.82, 2.24) is 4.90 Å². The van der Waals surface area contributed by atoms with Crippen LogP contribution in [0.25, 0.3) is 0 Å². The number of nitrogens with two attached hydrogens (primary N) is 1. The van der Waals surface area contributed by atoms with Crippen molar-refractivity contribution in [1.29, 1.82) is 0 Å². The van der Waals surface area contributed by atoms with Gasteiger partial charge in [0.1, 0.15) is 0 Å². The summed E-state index contributed by atoms with van der Waals surface area (Å²) >= 11 is 0. The lowest BCUT2D eigenvalue weighted by atomic mass is 9.92. The Balaban J connectivity index is 2.41. The normalized spacial score (nSPS) is 29.0. The van der Waals surface area contributed by atoms with Crippen LogP contribution in [0.1, 0.15) is 26.2 Å². The SMILES string of the molecule is CCCN1CC(N)CC(CC(=O)O)C1. The minimum absolute atomic E-state index is 0.152. The first kappa shape index (κ1) is 11.5. The number of nitrogens with zero attached hydrogens (tertiary/aromatic N) is 1. The molecule has 0 aromatic rings. The predicted molar refractivity (Wildman–Crippen MR) is 55.1 cm³/mol. The number of aliphatic carboxylic acids is 1. The Morgan fingerprint density at radius 3 is 2.86 bits per heavy atom. The van der Waals surface area contributed by atoms with E-state index in [1.165, 1.54) is 0 Å². The average Bonchev–Trinajstić information content (AvgIpc) is 2.01. The molecule has 2 atom stereocenters. The largest absolute Gasteiger partial charge is 0.481 e. The van der Waals surface area contributed by atoms with Gasteiger partial charge < -0.3 is 15.7 Å². The molecule has 4 nitrogen and oxygen atoms in total. The summed E-state index contributed by atoms with van der Waals surface area (Å²) in [6, 6.07) is 0.152. The molecule has 0 bridgehead atoms. The highest BCUT2D eigenvalue weighted by atomic mass is 16.4. The van der Waals surface area contributed by atoms with Crippen molar-refractivity contribution in [3.63, 3.8) is 0 Å². The number of hydrogen-bond donors (Lipinski definition) is 2. The summed E-state index contributed by atoms with van der Waals surface area (Å²) in [5, 5.41) is 8.71. The number of carboxylic acid groups (broad SMARTS) is 1. The van der Waals surface area contributed by atoms with Crippen molar-refractivity contribution < 1.29 is 9.90 Å². The number of piperidine rings is 1. The van der Waals surface area contributed by atoms with Crippen LogP contribution in [0, 0.1) is 5.92 Å². The maximum atomic E-state index is 10.6. The zero-order valence-electron chi connectivity index (χ0n) is 8.78. The van der Waals surface area contributed by atoms with Crippen LogP contribution in [0.15, 0.2) is 0 Å². The molecule has 14 heavy (non-hydrogen) atoms. The zero-order valence-corrected chi connectivity index (χ0v) is 8.78. The number of hydrogen-bond acceptors (Lipinski definition) is 3. The Bertz CT molecular complexity index is 197. The first-order valence-electron chi connectivity index (χ1n) is 5.31. The summed E-state index contributed by atoms with van der Waals surface area (Å²) < 4.78 is 0. The van der Waals surface area contributed by atoms with Crippen LogP contribution in [0.3, 0.4) is 0 Å². The molecule has 2 unspecified atom stereocenters. The van der Waals surface area contributed by atoms with Gasteiger partial charge in [-0.1, -0.05) is 6.92 Å². The molecule has 0 saturated carbocycles.